The number of nitrogens with zero attached hydrogens (tertiary/aromatic N) is 1. The van der Waals surface area contributed by atoms with E-state index in [1.165, 1.54) is 16.4 Å². The molecule has 0 radical (unpaired) electrons. The Hall–Kier alpha value is -1.66. The van der Waals surface area contributed by atoms with Crippen molar-refractivity contribution in [2.75, 3.05) is 13.2 Å². The van der Waals surface area contributed by atoms with Crippen molar-refractivity contribution < 1.29 is 13.5 Å². The van der Waals surface area contributed by atoms with E-state index >= 15 is 0 Å². The lowest BCUT2D eigenvalue weighted by Gasteiger charge is -2.30. The second kappa shape index (κ2) is 10.2. The summed E-state index contributed by atoms with van der Waals surface area (Å²) in [6.45, 7) is 5.98. The summed E-state index contributed by atoms with van der Waals surface area (Å²) in [5, 5.41) is 10.4. The molecular formula is C22H28ClNO3S. The van der Waals surface area contributed by atoms with Gasteiger partial charge in [-0.2, -0.15) is 4.31 Å². The highest BCUT2D eigenvalue weighted by Gasteiger charge is 2.30. The zero-order chi connectivity index (χ0) is 20.7. The fourth-order valence-electron chi connectivity index (χ4n) is 3.07. The SMILES string of the molecule is Cc1ccccc1C=CCN(C(CO)CC(C)C)S(=O)(=O)c1ccc(Cl)cc1. The molecule has 0 amide bonds. The van der Waals surface area contributed by atoms with Crippen LogP contribution in [0, 0.1) is 12.8 Å². The molecule has 0 spiro atoms. The highest BCUT2D eigenvalue weighted by atomic mass is 35.5. The largest absolute Gasteiger partial charge is 0.395 e. The fraction of sp³-hybridized carbons (Fsp3) is 0.364. The van der Waals surface area contributed by atoms with E-state index in [2.05, 4.69) is 0 Å². The van der Waals surface area contributed by atoms with Crippen molar-refractivity contribution in [1.29, 1.82) is 0 Å². The number of benzene rings is 2. The lowest BCUT2D eigenvalue weighted by Crippen LogP contribution is -2.43. The molecule has 2 aromatic carbocycles. The summed E-state index contributed by atoms with van der Waals surface area (Å²) < 4.78 is 27.9. The van der Waals surface area contributed by atoms with Crippen molar-refractivity contribution in [2.45, 2.75) is 38.1 Å². The summed E-state index contributed by atoms with van der Waals surface area (Å²) in [4.78, 5) is 0.170. The van der Waals surface area contributed by atoms with E-state index in [1.54, 1.807) is 12.1 Å². The van der Waals surface area contributed by atoms with Crippen molar-refractivity contribution in [1.82, 2.24) is 4.31 Å². The van der Waals surface area contributed by atoms with Gasteiger partial charge in [0.2, 0.25) is 10.0 Å². The summed E-state index contributed by atoms with van der Waals surface area (Å²) in [5.74, 6) is 0.250. The Kier molecular flexibility index (Phi) is 8.25. The average Bonchev–Trinajstić information content (AvgIpc) is 2.65. The quantitative estimate of drug-likeness (QED) is 0.635. The maximum absolute atomic E-state index is 13.3. The van der Waals surface area contributed by atoms with Gasteiger partial charge in [-0.3, -0.25) is 0 Å². The monoisotopic (exact) mass is 421 g/mol. The number of aliphatic hydroxyl groups is 1. The van der Waals surface area contributed by atoms with Gasteiger partial charge in [0.15, 0.2) is 0 Å². The van der Waals surface area contributed by atoms with Gasteiger partial charge in [-0.1, -0.05) is 61.9 Å². The summed E-state index contributed by atoms with van der Waals surface area (Å²) in [6, 6.07) is 13.5. The highest BCUT2D eigenvalue weighted by molar-refractivity contribution is 7.89. The molecule has 1 N–H and O–H groups in total. The predicted molar refractivity (Wildman–Crippen MR) is 116 cm³/mol. The third-order valence-corrected chi connectivity index (χ3v) is 6.74. The Labute approximate surface area is 173 Å². The van der Waals surface area contributed by atoms with Gasteiger partial charge in [0.1, 0.15) is 0 Å². The number of sulfonamides is 1. The summed E-state index contributed by atoms with van der Waals surface area (Å²) in [6.07, 6.45) is 4.32. The van der Waals surface area contributed by atoms with Gasteiger partial charge in [-0.15, -0.1) is 0 Å². The van der Waals surface area contributed by atoms with E-state index < -0.39 is 16.1 Å². The van der Waals surface area contributed by atoms with Crippen molar-refractivity contribution in [3.8, 4) is 0 Å². The Morgan fingerprint density at radius 2 is 1.75 bits per heavy atom. The van der Waals surface area contributed by atoms with Crippen LogP contribution in [0.25, 0.3) is 6.08 Å². The molecule has 2 aromatic rings. The third-order valence-electron chi connectivity index (χ3n) is 4.55. The van der Waals surface area contributed by atoms with Gasteiger partial charge >= 0.3 is 0 Å². The summed E-state index contributed by atoms with van der Waals surface area (Å²) in [7, 11) is -3.78. The van der Waals surface area contributed by atoms with Crippen LogP contribution >= 0.6 is 11.6 Å². The molecule has 2 rings (SSSR count). The molecule has 0 aliphatic heterocycles. The van der Waals surface area contributed by atoms with Crippen molar-refractivity contribution in [3.05, 3.63) is 70.8 Å². The Bertz CT molecular complexity index is 892. The number of halogens is 1. The van der Waals surface area contributed by atoms with Gasteiger partial charge in [0.05, 0.1) is 11.5 Å². The van der Waals surface area contributed by atoms with Crippen LogP contribution in [0.1, 0.15) is 31.4 Å². The standard InChI is InChI=1S/C22H28ClNO3S/c1-17(2)15-21(16-25)24(14-6-9-19-8-5-4-7-18(19)3)28(26,27)22-12-10-20(23)11-13-22/h4-13,17,21,25H,14-16H2,1-3H3. The fourth-order valence-corrected chi connectivity index (χ4v) is 4.77. The van der Waals surface area contributed by atoms with Crippen LogP contribution in [0.15, 0.2) is 59.5 Å². The Morgan fingerprint density at radius 3 is 2.32 bits per heavy atom. The topological polar surface area (TPSA) is 57.6 Å². The maximum atomic E-state index is 13.3. The second-order valence-corrected chi connectivity index (χ2v) is 9.58. The molecule has 28 heavy (non-hydrogen) atoms. The second-order valence-electron chi connectivity index (χ2n) is 7.25. The molecule has 152 valence electrons. The number of aryl methyl sites for hydroxylation is 1. The molecule has 0 bridgehead atoms. The van der Waals surface area contributed by atoms with E-state index in [-0.39, 0.29) is 24.0 Å². The first-order chi connectivity index (χ1) is 13.3. The van der Waals surface area contributed by atoms with Crippen LogP contribution in [0.4, 0.5) is 0 Å². The van der Waals surface area contributed by atoms with Gasteiger partial charge in [-0.25, -0.2) is 8.42 Å². The minimum atomic E-state index is -3.78. The van der Waals surface area contributed by atoms with Crippen LogP contribution in [0.3, 0.4) is 0 Å². The molecule has 0 aliphatic rings. The van der Waals surface area contributed by atoms with E-state index in [4.69, 9.17) is 11.6 Å². The van der Waals surface area contributed by atoms with Crippen LogP contribution in [0.5, 0.6) is 0 Å². The lowest BCUT2D eigenvalue weighted by molar-refractivity contribution is 0.175. The first-order valence-corrected chi connectivity index (χ1v) is 11.2. The van der Waals surface area contributed by atoms with Crippen LogP contribution in [0.2, 0.25) is 5.02 Å². The molecule has 0 fully saturated rings. The van der Waals surface area contributed by atoms with Crippen LogP contribution < -0.4 is 0 Å². The van der Waals surface area contributed by atoms with Crippen molar-refractivity contribution in [3.63, 3.8) is 0 Å². The molecule has 0 aliphatic carbocycles. The molecule has 1 unspecified atom stereocenters. The molecule has 6 heteroatoms. The molecule has 0 heterocycles. The van der Waals surface area contributed by atoms with E-state index in [9.17, 15) is 13.5 Å². The Morgan fingerprint density at radius 1 is 1.11 bits per heavy atom. The van der Waals surface area contributed by atoms with E-state index in [1.807, 2.05) is 57.2 Å². The zero-order valence-corrected chi connectivity index (χ0v) is 18.1. The molecule has 4 nitrogen and oxygen atoms in total. The van der Waals surface area contributed by atoms with Crippen LogP contribution in [-0.4, -0.2) is 37.0 Å². The van der Waals surface area contributed by atoms with Crippen molar-refractivity contribution in [2.24, 2.45) is 5.92 Å². The molecule has 0 saturated heterocycles. The highest BCUT2D eigenvalue weighted by Crippen LogP contribution is 2.23. The van der Waals surface area contributed by atoms with Crippen molar-refractivity contribution >= 4 is 27.7 Å². The number of hydrogen-bond acceptors (Lipinski definition) is 3. The third kappa shape index (κ3) is 5.92. The summed E-state index contributed by atoms with van der Waals surface area (Å²) >= 11 is 5.91. The Balaban J connectivity index is 2.36. The number of aliphatic hydroxyl groups excluding tert-OH is 1. The van der Waals surface area contributed by atoms with E-state index in [0.29, 0.717) is 11.4 Å². The first-order valence-electron chi connectivity index (χ1n) is 9.36. The normalized spacial score (nSPS) is 13.5. The molecule has 1 atom stereocenters. The van der Waals surface area contributed by atoms with Gasteiger partial charge in [-0.05, 0) is 54.7 Å². The molecular weight excluding hydrogens is 394 g/mol. The zero-order valence-electron chi connectivity index (χ0n) is 16.5. The minimum absolute atomic E-state index is 0.170. The smallest absolute Gasteiger partial charge is 0.243 e. The first kappa shape index (κ1) is 22.6. The number of rotatable bonds is 9. The molecule has 0 aromatic heterocycles. The number of hydrogen-bond donors (Lipinski definition) is 1. The summed E-state index contributed by atoms with van der Waals surface area (Å²) in [5.41, 5.74) is 2.16. The van der Waals surface area contributed by atoms with Crippen LogP contribution in [-0.2, 0) is 10.0 Å². The lowest BCUT2D eigenvalue weighted by atomic mass is 10.0. The van der Waals surface area contributed by atoms with Gasteiger partial charge < -0.3 is 5.11 Å². The minimum Gasteiger partial charge on any atom is -0.395 e. The van der Waals surface area contributed by atoms with Gasteiger partial charge in [0, 0.05) is 17.6 Å². The molecule has 0 saturated carbocycles. The maximum Gasteiger partial charge on any atom is 0.243 e. The van der Waals surface area contributed by atoms with E-state index in [0.717, 1.165) is 11.1 Å². The predicted octanol–water partition coefficient (Wildman–Crippen LogP) is 4.76. The van der Waals surface area contributed by atoms with Gasteiger partial charge in [0.25, 0.3) is 0 Å². The average molecular weight is 422 g/mol.